The van der Waals surface area contributed by atoms with Crippen molar-refractivity contribution in [3.05, 3.63) is 179 Å². The van der Waals surface area contributed by atoms with Gasteiger partial charge in [-0.3, -0.25) is 0 Å². The van der Waals surface area contributed by atoms with Gasteiger partial charge in [-0.25, -0.2) is 0 Å². The van der Waals surface area contributed by atoms with E-state index in [1.165, 1.54) is 44.5 Å². The lowest BCUT2D eigenvalue weighted by atomic mass is 9.91. The Balaban J connectivity index is 1.57. The summed E-state index contributed by atoms with van der Waals surface area (Å²) in [5.41, 5.74) is 9.64. The van der Waals surface area contributed by atoms with E-state index in [4.69, 9.17) is 0 Å². The Hall–Kier alpha value is -4.42. The van der Waals surface area contributed by atoms with Gasteiger partial charge in [-0.15, -0.1) is 0 Å². The predicted octanol–water partition coefficient (Wildman–Crippen LogP) is 8.86. The third kappa shape index (κ3) is 5.14. The second-order valence-corrected chi connectivity index (χ2v) is 8.25. The normalized spacial score (nSPS) is 11.9. The van der Waals surface area contributed by atoms with Gasteiger partial charge in [0.05, 0.1) is 0 Å². The van der Waals surface area contributed by atoms with Gasteiger partial charge in [0, 0.05) is 0 Å². The average molecular weight is 435 g/mol. The summed E-state index contributed by atoms with van der Waals surface area (Å²) in [6, 6.07) is 51.2. The third-order valence-electron chi connectivity index (χ3n) is 5.90. The molecule has 0 nitrogen and oxygen atoms in total. The summed E-state index contributed by atoms with van der Waals surface area (Å²) in [7, 11) is 0. The first kappa shape index (κ1) is 21.4. The molecule has 0 unspecified atom stereocenters. The summed E-state index contributed by atoms with van der Waals surface area (Å²) in [5, 5.41) is 0. The maximum atomic E-state index is 2.27. The molecule has 34 heavy (non-hydrogen) atoms. The van der Waals surface area contributed by atoms with E-state index in [0.29, 0.717) is 0 Å². The van der Waals surface area contributed by atoms with Crippen LogP contribution in [0.2, 0.25) is 0 Å². The Morgan fingerprint density at radius 2 is 0.559 bits per heavy atom. The molecule has 0 spiro atoms. The minimum atomic E-state index is 1.19. The molecule has 0 saturated carbocycles. The fourth-order valence-electron chi connectivity index (χ4n) is 4.16. The van der Waals surface area contributed by atoms with Gasteiger partial charge in [-0.2, -0.15) is 0 Å². The molecule has 0 heteroatoms. The van der Waals surface area contributed by atoms with Crippen molar-refractivity contribution in [3.8, 4) is 0 Å². The highest BCUT2D eigenvalue weighted by Gasteiger charge is 2.09. The Morgan fingerprint density at radius 1 is 0.294 bits per heavy atom. The first-order valence-corrected chi connectivity index (χ1v) is 11.6. The predicted molar refractivity (Wildman–Crippen MR) is 146 cm³/mol. The van der Waals surface area contributed by atoms with E-state index in [1.54, 1.807) is 0 Å². The van der Waals surface area contributed by atoms with Crippen LogP contribution in [0.1, 0.15) is 33.4 Å². The minimum absolute atomic E-state index is 1.19. The Kier molecular flexibility index (Phi) is 6.59. The number of hydrogen-bond donors (Lipinski definition) is 0. The van der Waals surface area contributed by atoms with Crippen LogP contribution in [-0.4, -0.2) is 0 Å². The summed E-state index contributed by atoms with van der Waals surface area (Å²) in [6.07, 6.45) is 4.53. The Morgan fingerprint density at radius 3 is 0.882 bits per heavy atom. The fraction of sp³-hybridized carbons (Fsp3) is 0. The molecule has 0 saturated heterocycles. The SMILES string of the molecule is C(=C(\c1ccccc1)c1ccc(/C(=C\c2ccccc2)c2ccccc2)cc1)/c1ccccc1. The summed E-state index contributed by atoms with van der Waals surface area (Å²) in [5.74, 6) is 0. The molecule has 0 atom stereocenters. The summed E-state index contributed by atoms with van der Waals surface area (Å²) < 4.78 is 0. The summed E-state index contributed by atoms with van der Waals surface area (Å²) >= 11 is 0. The van der Waals surface area contributed by atoms with Crippen LogP contribution in [0.15, 0.2) is 146 Å². The van der Waals surface area contributed by atoms with E-state index in [-0.39, 0.29) is 0 Å². The standard InChI is InChI=1S/C34H26/c1-5-13-27(14-6-1)25-33(29-17-9-3-10-18-29)31-21-23-32(24-22-31)34(30-19-11-4-12-20-30)26-28-15-7-2-8-16-28/h1-26H/b33-25-,34-26-. The van der Waals surface area contributed by atoms with Gasteiger partial charge in [0.15, 0.2) is 0 Å². The van der Waals surface area contributed by atoms with Crippen molar-refractivity contribution in [2.24, 2.45) is 0 Å². The van der Waals surface area contributed by atoms with Gasteiger partial charge in [0.1, 0.15) is 0 Å². The third-order valence-corrected chi connectivity index (χ3v) is 5.90. The van der Waals surface area contributed by atoms with Gasteiger partial charge in [-0.1, -0.05) is 146 Å². The number of benzene rings is 5. The molecule has 162 valence electrons. The minimum Gasteiger partial charge on any atom is -0.0622 e. The molecule has 0 N–H and O–H groups in total. The zero-order chi connectivity index (χ0) is 23.0. The van der Waals surface area contributed by atoms with Crippen molar-refractivity contribution in [1.82, 2.24) is 0 Å². The maximum absolute atomic E-state index is 2.27. The highest BCUT2D eigenvalue weighted by molar-refractivity contribution is 5.94. The first-order chi connectivity index (χ1) is 16.9. The zero-order valence-electron chi connectivity index (χ0n) is 19.0. The quantitative estimate of drug-likeness (QED) is 0.234. The topological polar surface area (TPSA) is 0 Å². The van der Waals surface area contributed by atoms with Crippen LogP contribution in [-0.2, 0) is 0 Å². The second kappa shape index (κ2) is 10.5. The number of rotatable bonds is 6. The largest absolute Gasteiger partial charge is 0.0622 e. The van der Waals surface area contributed by atoms with E-state index < -0.39 is 0 Å². The molecule has 0 aromatic heterocycles. The lowest BCUT2D eigenvalue weighted by molar-refractivity contribution is 1.51. The zero-order valence-corrected chi connectivity index (χ0v) is 19.0. The van der Waals surface area contributed by atoms with Crippen LogP contribution < -0.4 is 0 Å². The highest BCUT2D eigenvalue weighted by Crippen LogP contribution is 2.30. The number of hydrogen-bond acceptors (Lipinski definition) is 0. The molecule has 0 fully saturated rings. The van der Waals surface area contributed by atoms with E-state index in [0.717, 1.165) is 0 Å². The lowest BCUT2D eigenvalue weighted by Crippen LogP contribution is -1.92. The van der Waals surface area contributed by atoms with Gasteiger partial charge < -0.3 is 0 Å². The van der Waals surface area contributed by atoms with Gasteiger partial charge in [0.25, 0.3) is 0 Å². The molecule has 0 radical (unpaired) electrons. The molecule has 0 aliphatic rings. The highest BCUT2D eigenvalue weighted by atomic mass is 14.1. The fourth-order valence-corrected chi connectivity index (χ4v) is 4.16. The van der Waals surface area contributed by atoms with Crippen LogP contribution >= 0.6 is 0 Å². The van der Waals surface area contributed by atoms with Gasteiger partial charge in [0.2, 0.25) is 0 Å². The molecule has 0 heterocycles. The molecular weight excluding hydrogens is 408 g/mol. The van der Waals surface area contributed by atoms with Gasteiger partial charge in [-0.05, 0) is 56.7 Å². The smallest absolute Gasteiger partial charge is 0.0105 e. The average Bonchev–Trinajstić information content (AvgIpc) is 2.93. The molecular formula is C34H26. The first-order valence-electron chi connectivity index (χ1n) is 11.6. The summed E-state index contributed by atoms with van der Waals surface area (Å²) in [4.78, 5) is 0. The molecule has 0 amide bonds. The molecule has 0 bridgehead atoms. The van der Waals surface area contributed by atoms with Gasteiger partial charge >= 0.3 is 0 Å². The molecule has 0 aliphatic heterocycles. The molecule has 0 aliphatic carbocycles. The molecule has 5 aromatic rings. The molecule has 5 rings (SSSR count). The van der Waals surface area contributed by atoms with E-state index in [9.17, 15) is 0 Å². The Labute approximate surface area is 202 Å². The van der Waals surface area contributed by atoms with Crippen molar-refractivity contribution >= 4 is 23.3 Å². The van der Waals surface area contributed by atoms with Crippen LogP contribution in [0.25, 0.3) is 23.3 Å². The van der Waals surface area contributed by atoms with E-state index in [2.05, 4.69) is 158 Å². The monoisotopic (exact) mass is 434 g/mol. The summed E-state index contributed by atoms with van der Waals surface area (Å²) in [6.45, 7) is 0. The van der Waals surface area contributed by atoms with Crippen molar-refractivity contribution in [1.29, 1.82) is 0 Å². The van der Waals surface area contributed by atoms with Crippen molar-refractivity contribution in [2.75, 3.05) is 0 Å². The van der Waals surface area contributed by atoms with Crippen molar-refractivity contribution in [3.63, 3.8) is 0 Å². The van der Waals surface area contributed by atoms with Crippen LogP contribution in [0.4, 0.5) is 0 Å². The van der Waals surface area contributed by atoms with Crippen LogP contribution in [0.5, 0.6) is 0 Å². The van der Waals surface area contributed by atoms with E-state index >= 15 is 0 Å². The van der Waals surface area contributed by atoms with Crippen LogP contribution in [0, 0.1) is 0 Å². The molecule has 5 aromatic carbocycles. The lowest BCUT2D eigenvalue weighted by Gasteiger charge is -2.13. The van der Waals surface area contributed by atoms with E-state index in [1.807, 2.05) is 0 Å². The van der Waals surface area contributed by atoms with Crippen molar-refractivity contribution < 1.29 is 0 Å². The van der Waals surface area contributed by atoms with Crippen molar-refractivity contribution in [2.45, 2.75) is 0 Å². The maximum Gasteiger partial charge on any atom is -0.0105 e. The Bertz CT molecular complexity index is 1270. The van der Waals surface area contributed by atoms with Crippen LogP contribution in [0.3, 0.4) is 0 Å². The second-order valence-electron chi connectivity index (χ2n) is 8.25.